The Morgan fingerprint density at radius 3 is 1.40 bits per heavy atom. The Bertz CT molecular complexity index is 439. The Morgan fingerprint density at radius 1 is 0.600 bits per heavy atom. The Balaban J connectivity index is 0.00000192. The Hall–Kier alpha value is -0.860. The van der Waals surface area contributed by atoms with Gasteiger partial charge in [-0.15, -0.1) is 0 Å². The molecule has 0 spiro atoms. The molecule has 0 saturated heterocycles. The number of quaternary nitrogens is 1. The highest BCUT2D eigenvalue weighted by atomic mass is 15.3. The van der Waals surface area contributed by atoms with Crippen LogP contribution in [0.15, 0.2) is 30.3 Å². The van der Waals surface area contributed by atoms with E-state index in [1.165, 1.54) is 102 Å². The normalized spacial score (nSPS) is 11.2. The second-order valence-electron chi connectivity index (χ2n) is 9.69. The van der Waals surface area contributed by atoms with Gasteiger partial charge in [-0.05, 0) is 25.8 Å². The maximum absolute atomic E-state index is 5.03. The van der Waals surface area contributed by atoms with Crippen molar-refractivity contribution in [3.63, 3.8) is 0 Å². The van der Waals surface area contributed by atoms with Crippen molar-refractivity contribution < 1.29 is 4.48 Å². The van der Waals surface area contributed by atoms with E-state index >= 15 is 0 Å². The summed E-state index contributed by atoms with van der Waals surface area (Å²) in [4.78, 5) is 0. The minimum absolute atomic E-state index is 0.819. The van der Waals surface area contributed by atoms with E-state index in [2.05, 4.69) is 58.3 Å². The second kappa shape index (κ2) is 21.4. The fraction of sp³-hybridized carbons (Fsp3) is 0.786. The first-order valence-corrected chi connectivity index (χ1v) is 13.1. The van der Waals surface area contributed by atoms with Crippen molar-refractivity contribution in [2.24, 2.45) is 5.73 Å². The summed E-state index contributed by atoms with van der Waals surface area (Å²) in [5, 5.41) is 0. The summed E-state index contributed by atoms with van der Waals surface area (Å²) >= 11 is 0. The maximum Gasteiger partial charge on any atom is 0.104 e. The van der Waals surface area contributed by atoms with Crippen LogP contribution in [0, 0.1) is 0 Å². The average Bonchev–Trinajstić information content (AvgIpc) is 2.74. The summed E-state index contributed by atoms with van der Waals surface area (Å²) in [7, 11) is 4.74. The predicted octanol–water partition coefficient (Wildman–Crippen LogP) is 8.10. The topological polar surface area (TPSA) is 26.0 Å². The monoisotopic (exact) mass is 419 g/mol. The van der Waals surface area contributed by atoms with Crippen LogP contribution in [-0.4, -0.2) is 31.7 Å². The molecule has 2 N–H and O–H groups in total. The van der Waals surface area contributed by atoms with E-state index < -0.39 is 0 Å². The van der Waals surface area contributed by atoms with Gasteiger partial charge in [-0.1, -0.05) is 121 Å². The molecule has 2 nitrogen and oxygen atoms in total. The fourth-order valence-electron chi connectivity index (χ4n) is 3.89. The molecule has 0 bridgehead atoms. The van der Waals surface area contributed by atoms with E-state index in [0.29, 0.717) is 0 Å². The number of nitrogens with two attached hydrogens (primary N) is 1. The van der Waals surface area contributed by atoms with Gasteiger partial charge in [0.15, 0.2) is 0 Å². The minimum atomic E-state index is 0.819. The van der Waals surface area contributed by atoms with Crippen LogP contribution >= 0.6 is 0 Å². The van der Waals surface area contributed by atoms with Gasteiger partial charge in [0.05, 0.1) is 20.6 Å². The van der Waals surface area contributed by atoms with Gasteiger partial charge in [-0.2, -0.15) is 0 Å². The summed E-state index contributed by atoms with van der Waals surface area (Å²) in [6.07, 6.45) is 21.3. The van der Waals surface area contributed by atoms with E-state index in [0.717, 1.165) is 24.0 Å². The molecule has 176 valence electrons. The molecule has 0 aliphatic carbocycles. The zero-order valence-corrected chi connectivity index (χ0v) is 21.1. The summed E-state index contributed by atoms with van der Waals surface area (Å²) in [6, 6.07) is 10.9. The summed E-state index contributed by atoms with van der Waals surface area (Å²) < 4.78 is 1.11. The lowest BCUT2D eigenvalue weighted by Gasteiger charge is -2.30. The molecule has 0 aliphatic rings. The molecule has 0 aromatic heterocycles. The second-order valence-corrected chi connectivity index (χ2v) is 9.69. The van der Waals surface area contributed by atoms with E-state index in [9.17, 15) is 0 Å². The van der Waals surface area contributed by atoms with Crippen LogP contribution in [0.25, 0.3) is 0 Å². The first kappa shape index (κ1) is 29.1. The van der Waals surface area contributed by atoms with Gasteiger partial charge in [-0.25, -0.2) is 0 Å². The Labute approximate surface area is 190 Å². The van der Waals surface area contributed by atoms with Gasteiger partial charge in [0.25, 0.3) is 0 Å². The average molecular weight is 420 g/mol. The molecular weight excluding hydrogens is 364 g/mol. The number of unbranched alkanes of at least 4 members (excludes halogenated alkanes) is 13. The zero-order valence-electron chi connectivity index (χ0n) is 21.1. The molecule has 0 fully saturated rings. The van der Waals surface area contributed by atoms with Crippen molar-refractivity contribution in [1.82, 2.24) is 0 Å². The Morgan fingerprint density at radius 2 is 1.00 bits per heavy atom. The molecule has 1 aromatic rings. The minimum Gasteiger partial charge on any atom is -0.330 e. The molecule has 0 radical (unpaired) electrons. The van der Waals surface area contributed by atoms with Crippen LogP contribution in [0.3, 0.4) is 0 Å². The van der Waals surface area contributed by atoms with Crippen LogP contribution < -0.4 is 5.73 Å². The highest BCUT2D eigenvalue weighted by Gasteiger charge is 2.14. The van der Waals surface area contributed by atoms with Crippen molar-refractivity contribution in [1.29, 1.82) is 0 Å². The van der Waals surface area contributed by atoms with E-state index in [4.69, 9.17) is 5.73 Å². The number of rotatable bonds is 18. The molecular formula is C28H55N2+. The standard InChI is InChI=1S/C25H46N.C3H9N/c1-4-5-6-7-8-9-10-11-12-13-14-15-16-20-23-26(2,3)24-25-21-18-17-19-22-25;1-2-3-4/h17-19,21-22H,4-16,20,23-24H2,1-3H3;2-4H2,1H3/q+1;. The molecule has 0 aliphatic heterocycles. The third kappa shape index (κ3) is 20.4. The highest BCUT2D eigenvalue weighted by Crippen LogP contribution is 2.14. The van der Waals surface area contributed by atoms with Gasteiger partial charge < -0.3 is 10.2 Å². The molecule has 30 heavy (non-hydrogen) atoms. The van der Waals surface area contributed by atoms with Gasteiger partial charge in [0, 0.05) is 5.56 Å². The number of benzene rings is 1. The maximum atomic E-state index is 5.03. The van der Waals surface area contributed by atoms with Crippen molar-refractivity contribution >= 4 is 0 Å². The van der Waals surface area contributed by atoms with Gasteiger partial charge in [0.1, 0.15) is 6.54 Å². The third-order valence-electron chi connectivity index (χ3n) is 5.86. The lowest BCUT2D eigenvalue weighted by molar-refractivity contribution is -0.903. The number of hydrogen-bond donors (Lipinski definition) is 1. The molecule has 2 heteroatoms. The zero-order chi connectivity index (χ0) is 22.3. The quantitative estimate of drug-likeness (QED) is 0.189. The van der Waals surface area contributed by atoms with Crippen molar-refractivity contribution in [3.05, 3.63) is 35.9 Å². The molecule has 0 atom stereocenters. The highest BCUT2D eigenvalue weighted by molar-refractivity contribution is 5.13. The largest absolute Gasteiger partial charge is 0.330 e. The van der Waals surface area contributed by atoms with Crippen LogP contribution in [0.1, 0.15) is 116 Å². The van der Waals surface area contributed by atoms with Gasteiger partial charge in [-0.3, -0.25) is 0 Å². The molecule has 0 unspecified atom stereocenters. The van der Waals surface area contributed by atoms with E-state index in [-0.39, 0.29) is 0 Å². The summed E-state index contributed by atoms with van der Waals surface area (Å²) in [5.74, 6) is 0. The van der Waals surface area contributed by atoms with Crippen molar-refractivity contribution in [2.45, 2.75) is 117 Å². The SMILES string of the molecule is CCCCCCCCCCCCCCCC[N+](C)(C)Cc1ccccc1.CCCN. The van der Waals surface area contributed by atoms with Gasteiger partial charge >= 0.3 is 0 Å². The van der Waals surface area contributed by atoms with E-state index in [1.54, 1.807) is 0 Å². The van der Waals surface area contributed by atoms with Crippen molar-refractivity contribution in [2.75, 3.05) is 27.2 Å². The lowest BCUT2D eigenvalue weighted by atomic mass is 10.0. The summed E-state index contributed by atoms with van der Waals surface area (Å²) in [5.41, 5.74) is 6.49. The van der Waals surface area contributed by atoms with E-state index in [1.807, 2.05) is 0 Å². The van der Waals surface area contributed by atoms with Gasteiger partial charge in [0.2, 0.25) is 0 Å². The molecule has 1 rings (SSSR count). The molecule has 0 amide bonds. The fourth-order valence-corrected chi connectivity index (χ4v) is 3.89. The number of nitrogens with zero attached hydrogens (tertiary/aromatic N) is 1. The first-order chi connectivity index (χ1) is 14.6. The van der Waals surface area contributed by atoms with Crippen molar-refractivity contribution in [3.8, 4) is 0 Å². The van der Waals surface area contributed by atoms with Crippen LogP contribution in [0.4, 0.5) is 0 Å². The molecule has 0 heterocycles. The lowest BCUT2D eigenvalue weighted by Crippen LogP contribution is -2.39. The predicted molar refractivity (Wildman–Crippen MR) is 137 cm³/mol. The Kier molecular flexibility index (Phi) is 20.8. The molecule has 1 aromatic carbocycles. The van der Waals surface area contributed by atoms with Crippen LogP contribution in [0.2, 0.25) is 0 Å². The number of hydrogen-bond acceptors (Lipinski definition) is 1. The smallest absolute Gasteiger partial charge is 0.104 e. The van der Waals surface area contributed by atoms with Crippen LogP contribution in [-0.2, 0) is 6.54 Å². The molecule has 0 saturated carbocycles. The summed E-state index contributed by atoms with van der Waals surface area (Å²) in [6.45, 7) is 7.62. The third-order valence-corrected chi connectivity index (χ3v) is 5.86. The first-order valence-electron chi connectivity index (χ1n) is 13.1. The van der Waals surface area contributed by atoms with Crippen LogP contribution in [0.5, 0.6) is 0 Å².